The third-order valence-corrected chi connectivity index (χ3v) is 10.7. The molecular formula is C45H27N3OS. The molecule has 7 aromatic carbocycles. The molecule has 0 aliphatic carbocycles. The van der Waals surface area contributed by atoms with E-state index in [1.807, 2.05) is 78.1 Å². The van der Waals surface area contributed by atoms with Gasteiger partial charge in [-0.3, -0.25) is 0 Å². The molecule has 0 radical (unpaired) electrons. The number of benzene rings is 7. The van der Waals surface area contributed by atoms with Crippen LogP contribution in [0.3, 0.4) is 0 Å². The molecule has 0 atom stereocenters. The molecule has 10 rings (SSSR count). The van der Waals surface area contributed by atoms with Crippen LogP contribution in [-0.2, 0) is 0 Å². The highest BCUT2D eigenvalue weighted by Crippen LogP contribution is 2.46. The summed E-state index contributed by atoms with van der Waals surface area (Å²) in [5.41, 5.74) is 9.00. The Morgan fingerprint density at radius 1 is 0.320 bits per heavy atom. The van der Waals surface area contributed by atoms with Gasteiger partial charge in [-0.05, 0) is 17.2 Å². The maximum atomic E-state index is 6.93. The zero-order chi connectivity index (χ0) is 33.0. The Balaban J connectivity index is 1.19. The number of furan rings is 1. The van der Waals surface area contributed by atoms with Crippen molar-refractivity contribution in [3.8, 4) is 56.4 Å². The molecule has 0 aliphatic rings. The SMILES string of the molecule is c1ccc(-c2nc(-c3ccccc3)nc(-c3cccc4c3oc3c(-c5cccc6c5sc5c(-c7ccccc7)cccc56)cccc34)n2)cc1. The fraction of sp³-hybridized carbons (Fsp3) is 0. The van der Waals surface area contributed by atoms with Crippen LogP contribution in [0.15, 0.2) is 168 Å². The van der Waals surface area contributed by atoms with Crippen molar-refractivity contribution in [1.82, 2.24) is 15.0 Å². The smallest absolute Gasteiger partial charge is 0.167 e. The molecule has 3 heterocycles. The highest BCUT2D eigenvalue weighted by molar-refractivity contribution is 7.26. The molecule has 3 aromatic heterocycles. The predicted octanol–water partition coefficient (Wildman–Crippen LogP) is 12.5. The summed E-state index contributed by atoms with van der Waals surface area (Å²) < 4.78 is 9.47. The van der Waals surface area contributed by atoms with Crippen molar-refractivity contribution in [2.75, 3.05) is 0 Å². The van der Waals surface area contributed by atoms with E-state index in [2.05, 4.69) is 97.1 Å². The Kier molecular flexibility index (Phi) is 6.64. The van der Waals surface area contributed by atoms with Gasteiger partial charge in [-0.1, -0.05) is 158 Å². The summed E-state index contributed by atoms with van der Waals surface area (Å²) in [7, 11) is 0. The number of aromatic nitrogens is 3. The lowest BCUT2D eigenvalue weighted by Gasteiger charge is -2.08. The normalized spacial score (nSPS) is 11.6. The first kappa shape index (κ1) is 28.6. The summed E-state index contributed by atoms with van der Waals surface area (Å²) in [5, 5.41) is 4.60. The van der Waals surface area contributed by atoms with E-state index in [4.69, 9.17) is 19.4 Å². The summed E-state index contributed by atoms with van der Waals surface area (Å²) in [4.78, 5) is 14.9. The van der Waals surface area contributed by atoms with Gasteiger partial charge in [-0.15, -0.1) is 11.3 Å². The zero-order valence-corrected chi connectivity index (χ0v) is 27.6. The monoisotopic (exact) mass is 657 g/mol. The third kappa shape index (κ3) is 4.63. The minimum absolute atomic E-state index is 0.573. The standard InChI is InChI=1S/C45H27N3OS/c1-4-14-28(15-5-1)31-20-10-25-36-37-26-13-24-35(42(37)50-41(31)36)34-23-11-21-32-33-22-12-27-38(40(33)49-39(32)34)45-47-43(29-16-6-2-7-17-29)46-44(48-45)30-18-8-3-9-19-30/h1-27H. The number of rotatable bonds is 5. The molecule has 50 heavy (non-hydrogen) atoms. The first-order chi connectivity index (χ1) is 24.8. The second-order valence-electron chi connectivity index (χ2n) is 12.3. The van der Waals surface area contributed by atoms with Crippen LogP contribution >= 0.6 is 11.3 Å². The van der Waals surface area contributed by atoms with Crippen molar-refractivity contribution in [2.45, 2.75) is 0 Å². The number of fused-ring (bicyclic) bond motifs is 6. The number of hydrogen-bond acceptors (Lipinski definition) is 5. The first-order valence-electron chi connectivity index (χ1n) is 16.6. The van der Waals surface area contributed by atoms with Crippen LogP contribution in [0.1, 0.15) is 0 Å². The molecular weight excluding hydrogens is 631 g/mol. The Morgan fingerprint density at radius 3 is 1.32 bits per heavy atom. The molecule has 0 spiro atoms. The molecule has 0 fully saturated rings. The van der Waals surface area contributed by atoms with Gasteiger partial charge in [0.2, 0.25) is 0 Å². The molecule has 0 bridgehead atoms. The minimum atomic E-state index is 0.573. The van der Waals surface area contributed by atoms with Crippen molar-refractivity contribution in [3.05, 3.63) is 164 Å². The summed E-state index contributed by atoms with van der Waals surface area (Å²) >= 11 is 1.85. The summed E-state index contributed by atoms with van der Waals surface area (Å²) in [5.74, 6) is 1.81. The van der Waals surface area contributed by atoms with E-state index in [0.717, 1.165) is 49.8 Å². The maximum absolute atomic E-state index is 6.93. The topological polar surface area (TPSA) is 51.8 Å². The predicted molar refractivity (Wildman–Crippen MR) is 207 cm³/mol. The van der Waals surface area contributed by atoms with Crippen LogP contribution in [0.2, 0.25) is 0 Å². The van der Waals surface area contributed by atoms with Gasteiger partial charge in [0.25, 0.3) is 0 Å². The largest absolute Gasteiger partial charge is 0.455 e. The van der Waals surface area contributed by atoms with E-state index >= 15 is 0 Å². The van der Waals surface area contributed by atoms with Gasteiger partial charge in [-0.2, -0.15) is 0 Å². The lowest BCUT2D eigenvalue weighted by atomic mass is 9.99. The zero-order valence-electron chi connectivity index (χ0n) is 26.7. The Bertz CT molecular complexity index is 2800. The molecule has 0 saturated carbocycles. The summed E-state index contributed by atoms with van der Waals surface area (Å²) in [6.45, 7) is 0. The Hall–Kier alpha value is -6.43. The number of nitrogens with zero attached hydrogens (tertiary/aromatic N) is 3. The first-order valence-corrected chi connectivity index (χ1v) is 17.4. The van der Waals surface area contributed by atoms with E-state index < -0.39 is 0 Å². The van der Waals surface area contributed by atoms with Crippen molar-refractivity contribution in [1.29, 1.82) is 0 Å². The number of thiophene rings is 1. The molecule has 0 amide bonds. The molecule has 234 valence electrons. The van der Waals surface area contributed by atoms with E-state index in [0.29, 0.717) is 17.5 Å². The van der Waals surface area contributed by atoms with Gasteiger partial charge in [0, 0.05) is 53.2 Å². The van der Waals surface area contributed by atoms with Crippen LogP contribution < -0.4 is 0 Å². The van der Waals surface area contributed by atoms with Crippen molar-refractivity contribution in [3.63, 3.8) is 0 Å². The van der Waals surface area contributed by atoms with Crippen LogP contribution in [0.5, 0.6) is 0 Å². The molecule has 10 aromatic rings. The van der Waals surface area contributed by atoms with Crippen LogP contribution in [0.25, 0.3) is 98.5 Å². The molecule has 0 saturated heterocycles. The number of hydrogen-bond donors (Lipinski definition) is 0. The summed E-state index contributed by atoms with van der Waals surface area (Å²) in [6.07, 6.45) is 0. The number of para-hydroxylation sites is 2. The third-order valence-electron chi connectivity index (χ3n) is 9.36. The van der Waals surface area contributed by atoms with Crippen molar-refractivity contribution >= 4 is 53.4 Å². The lowest BCUT2D eigenvalue weighted by molar-refractivity contribution is 0.670. The average Bonchev–Trinajstić information content (AvgIpc) is 3.78. The second kappa shape index (κ2) is 11.6. The molecule has 4 nitrogen and oxygen atoms in total. The molecule has 0 unspecified atom stereocenters. The van der Waals surface area contributed by atoms with Gasteiger partial charge < -0.3 is 4.42 Å². The van der Waals surface area contributed by atoms with Gasteiger partial charge in [-0.25, -0.2) is 15.0 Å². The minimum Gasteiger partial charge on any atom is -0.455 e. The fourth-order valence-electron chi connectivity index (χ4n) is 7.01. The van der Waals surface area contributed by atoms with Crippen molar-refractivity contribution in [2.24, 2.45) is 0 Å². The van der Waals surface area contributed by atoms with Gasteiger partial charge in [0.15, 0.2) is 17.5 Å². The second-order valence-corrected chi connectivity index (χ2v) is 13.4. The molecule has 0 N–H and O–H groups in total. The highest BCUT2D eigenvalue weighted by atomic mass is 32.1. The van der Waals surface area contributed by atoms with Crippen LogP contribution in [0.4, 0.5) is 0 Å². The van der Waals surface area contributed by atoms with Gasteiger partial charge in [0.05, 0.1) is 5.56 Å². The Labute approximate surface area is 292 Å². The molecule has 5 heteroatoms. The molecule has 0 aliphatic heterocycles. The lowest BCUT2D eigenvalue weighted by Crippen LogP contribution is -2.00. The Morgan fingerprint density at radius 2 is 0.740 bits per heavy atom. The van der Waals surface area contributed by atoms with Gasteiger partial charge >= 0.3 is 0 Å². The van der Waals surface area contributed by atoms with Crippen molar-refractivity contribution < 1.29 is 4.42 Å². The van der Waals surface area contributed by atoms with E-state index in [9.17, 15) is 0 Å². The maximum Gasteiger partial charge on any atom is 0.167 e. The average molecular weight is 658 g/mol. The van der Waals surface area contributed by atoms with E-state index in [1.165, 1.54) is 31.3 Å². The van der Waals surface area contributed by atoms with E-state index in [1.54, 1.807) is 0 Å². The van der Waals surface area contributed by atoms with Crippen LogP contribution in [0, 0.1) is 0 Å². The fourth-order valence-corrected chi connectivity index (χ4v) is 8.38. The summed E-state index contributed by atoms with van der Waals surface area (Å²) in [6, 6.07) is 56.7. The quantitative estimate of drug-likeness (QED) is 0.185. The van der Waals surface area contributed by atoms with E-state index in [-0.39, 0.29) is 0 Å². The van der Waals surface area contributed by atoms with Gasteiger partial charge in [0.1, 0.15) is 11.2 Å². The highest BCUT2D eigenvalue weighted by Gasteiger charge is 2.21. The van der Waals surface area contributed by atoms with Crippen LogP contribution in [-0.4, -0.2) is 15.0 Å².